The van der Waals surface area contributed by atoms with E-state index in [9.17, 15) is 9.59 Å². The van der Waals surface area contributed by atoms with Gasteiger partial charge in [0.25, 0.3) is 0 Å². The van der Waals surface area contributed by atoms with E-state index >= 15 is 0 Å². The monoisotopic (exact) mass is 158 g/mol. The van der Waals surface area contributed by atoms with Crippen LogP contribution in [0.2, 0.25) is 0 Å². The second kappa shape index (κ2) is 5.70. The van der Waals surface area contributed by atoms with Crippen molar-refractivity contribution in [2.45, 2.75) is 13.8 Å². The van der Waals surface area contributed by atoms with Gasteiger partial charge in [-0.1, -0.05) is 0 Å². The molecule has 0 saturated heterocycles. The summed E-state index contributed by atoms with van der Waals surface area (Å²) in [5.74, 6) is -0.0397. The summed E-state index contributed by atoms with van der Waals surface area (Å²) < 4.78 is 0. The molecule has 2 amide bonds. The Bertz CT molecular complexity index is 132. The highest BCUT2D eigenvalue weighted by Crippen LogP contribution is 1.86. The zero-order valence-electron chi connectivity index (χ0n) is 6.96. The predicted octanol–water partition coefficient (Wildman–Crippen LogP) is -0.399. The van der Waals surface area contributed by atoms with Crippen LogP contribution in [-0.4, -0.2) is 36.9 Å². The average Bonchev–Trinajstić information content (AvgIpc) is 2.03. The molecule has 0 radical (unpaired) electrons. The van der Waals surface area contributed by atoms with Gasteiger partial charge < -0.3 is 10.2 Å². The van der Waals surface area contributed by atoms with E-state index in [0.717, 1.165) is 0 Å². The maximum absolute atomic E-state index is 11.1. The lowest BCUT2D eigenvalue weighted by Crippen LogP contribution is -2.37. The van der Waals surface area contributed by atoms with Crippen molar-refractivity contribution in [2.75, 3.05) is 19.6 Å². The molecule has 0 aliphatic carbocycles. The van der Waals surface area contributed by atoms with E-state index in [1.165, 1.54) is 0 Å². The van der Waals surface area contributed by atoms with Crippen molar-refractivity contribution in [2.24, 2.45) is 0 Å². The smallest absolute Gasteiger partial charge is 0.241 e. The van der Waals surface area contributed by atoms with Crippen LogP contribution in [0.25, 0.3) is 0 Å². The fourth-order valence-corrected chi connectivity index (χ4v) is 0.817. The minimum absolute atomic E-state index is 0.0397. The maximum atomic E-state index is 11.1. The van der Waals surface area contributed by atoms with Crippen molar-refractivity contribution in [3.05, 3.63) is 0 Å². The van der Waals surface area contributed by atoms with Gasteiger partial charge in [-0.15, -0.1) is 0 Å². The Hall–Kier alpha value is -1.06. The number of likely N-dealkylation sites (N-methyl/N-ethyl adjacent to an activating group) is 1. The van der Waals surface area contributed by atoms with Gasteiger partial charge in [-0.2, -0.15) is 0 Å². The van der Waals surface area contributed by atoms with Gasteiger partial charge in [0.1, 0.15) is 0 Å². The molecule has 0 aromatic rings. The Kier molecular flexibility index (Phi) is 5.15. The number of nitrogens with zero attached hydrogens (tertiary/aromatic N) is 1. The van der Waals surface area contributed by atoms with Gasteiger partial charge in [0.2, 0.25) is 12.3 Å². The highest BCUT2D eigenvalue weighted by atomic mass is 16.2. The van der Waals surface area contributed by atoms with Gasteiger partial charge in [-0.3, -0.25) is 9.59 Å². The van der Waals surface area contributed by atoms with E-state index in [1.54, 1.807) is 4.90 Å². The maximum Gasteiger partial charge on any atom is 0.241 e. The van der Waals surface area contributed by atoms with E-state index in [2.05, 4.69) is 5.32 Å². The molecule has 0 saturated carbocycles. The molecule has 0 atom stereocenters. The van der Waals surface area contributed by atoms with Crippen LogP contribution in [0.1, 0.15) is 13.8 Å². The number of rotatable bonds is 5. The topological polar surface area (TPSA) is 49.4 Å². The van der Waals surface area contributed by atoms with E-state index in [1.807, 2.05) is 13.8 Å². The van der Waals surface area contributed by atoms with Crippen molar-refractivity contribution in [3.63, 3.8) is 0 Å². The molecule has 0 aromatic heterocycles. The molecule has 64 valence electrons. The van der Waals surface area contributed by atoms with E-state index in [4.69, 9.17) is 0 Å². The SMILES string of the molecule is CCN(CC)C(=O)CNC=O. The van der Waals surface area contributed by atoms with Crippen LogP contribution in [-0.2, 0) is 9.59 Å². The molecule has 0 fully saturated rings. The summed E-state index contributed by atoms with van der Waals surface area (Å²) in [5, 5.41) is 2.33. The van der Waals surface area contributed by atoms with E-state index in [0.29, 0.717) is 19.5 Å². The Morgan fingerprint density at radius 2 is 2.00 bits per heavy atom. The van der Waals surface area contributed by atoms with Gasteiger partial charge >= 0.3 is 0 Å². The van der Waals surface area contributed by atoms with Gasteiger partial charge in [0.15, 0.2) is 0 Å². The third kappa shape index (κ3) is 3.60. The first-order valence-corrected chi connectivity index (χ1v) is 3.71. The van der Waals surface area contributed by atoms with E-state index in [-0.39, 0.29) is 12.5 Å². The van der Waals surface area contributed by atoms with Crippen LogP contribution in [0.4, 0.5) is 0 Å². The number of amides is 2. The van der Waals surface area contributed by atoms with E-state index < -0.39 is 0 Å². The zero-order chi connectivity index (χ0) is 8.69. The second-order valence-corrected chi connectivity index (χ2v) is 2.06. The number of carbonyl (C=O) groups excluding carboxylic acids is 2. The normalized spacial score (nSPS) is 8.91. The Morgan fingerprint density at radius 1 is 1.45 bits per heavy atom. The lowest BCUT2D eigenvalue weighted by molar-refractivity contribution is -0.130. The summed E-state index contributed by atoms with van der Waals surface area (Å²) in [5.41, 5.74) is 0. The van der Waals surface area contributed by atoms with Gasteiger partial charge in [0, 0.05) is 13.1 Å². The van der Waals surface area contributed by atoms with Crippen LogP contribution in [0.15, 0.2) is 0 Å². The summed E-state index contributed by atoms with van der Waals surface area (Å²) >= 11 is 0. The predicted molar refractivity (Wildman–Crippen MR) is 42.0 cm³/mol. The quantitative estimate of drug-likeness (QED) is 0.553. The molecule has 11 heavy (non-hydrogen) atoms. The van der Waals surface area contributed by atoms with Crippen LogP contribution in [0.3, 0.4) is 0 Å². The summed E-state index contributed by atoms with van der Waals surface area (Å²) in [6, 6.07) is 0. The first-order valence-electron chi connectivity index (χ1n) is 3.71. The molecule has 4 nitrogen and oxygen atoms in total. The first-order chi connectivity index (χ1) is 5.26. The summed E-state index contributed by atoms with van der Waals surface area (Å²) in [6.45, 7) is 5.29. The Balaban J connectivity index is 3.69. The van der Waals surface area contributed by atoms with Crippen molar-refractivity contribution in [3.8, 4) is 0 Å². The molecular weight excluding hydrogens is 144 g/mol. The molecule has 1 N–H and O–H groups in total. The third-order valence-electron chi connectivity index (χ3n) is 1.45. The molecule has 0 unspecified atom stereocenters. The summed E-state index contributed by atoms with van der Waals surface area (Å²) in [4.78, 5) is 22.6. The lowest BCUT2D eigenvalue weighted by Gasteiger charge is -2.17. The molecule has 0 aromatic carbocycles. The average molecular weight is 158 g/mol. The largest absolute Gasteiger partial charge is 0.350 e. The van der Waals surface area contributed by atoms with Crippen LogP contribution in [0, 0.1) is 0 Å². The van der Waals surface area contributed by atoms with Crippen LogP contribution in [0.5, 0.6) is 0 Å². The third-order valence-corrected chi connectivity index (χ3v) is 1.45. The van der Waals surface area contributed by atoms with Gasteiger partial charge in [-0.25, -0.2) is 0 Å². The second-order valence-electron chi connectivity index (χ2n) is 2.06. The van der Waals surface area contributed by atoms with Crippen molar-refractivity contribution in [1.29, 1.82) is 0 Å². The Morgan fingerprint density at radius 3 is 2.36 bits per heavy atom. The van der Waals surface area contributed by atoms with Gasteiger partial charge in [-0.05, 0) is 13.8 Å². The van der Waals surface area contributed by atoms with Crippen molar-refractivity contribution in [1.82, 2.24) is 10.2 Å². The van der Waals surface area contributed by atoms with Crippen molar-refractivity contribution < 1.29 is 9.59 Å². The molecule has 0 aliphatic heterocycles. The highest BCUT2D eigenvalue weighted by Gasteiger charge is 2.06. The first kappa shape index (κ1) is 9.94. The Labute approximate surface area is 66.6 Å². The minimum atomic E-state index is -0.0397. The molecule has 0 rings (SSSR count). The number of carbonyl (C=O) groups is 2. The lowest BCUT2D eigenvalue weighted by atomic mass is 10.4. The summed E-state index contributed by atoms with van der Waals surface area (Å²) in [6.07, 6.45) is 0.529. The molecular formula is C7H14N2O2. The highest BCUT2D eigenvalue weighted by molar-refractivity contribution is 5.79. The molecule has 0 bridgehead atoms. The zero-order valence-corrected chi connectivity index (χ0v) is 6.96. The van der Waals surface area contributed by atoms with Crippen molar-refractivity contribution >= 4 is 12.3 Å². The minimum Gasteiger partial charge on any atom is -0.350 e. The number of hydrogen-bond donors (Lipinski definition) is 1. The summed E-state index contributed by atoms with van der Waals surface area (Å²) in [7, 11) is 0. The van der Waals surface area contributed by atoms with Crippen LogP contribution < -0.4 is 5.32 Å². The fourth-order valence-electron chi connectivity index (χ4n) is 0.817. The molecule has 0 spiro atoms. The molecule has 4 heteroatoms. The fraction of sp³-hybridized carbons (Fsp3) is 0.714. The molecule has 0 heterocycles. The number of nitrogens with one attached hydrogen (secondary N) is 1. The van der Waals surface area contributed by atoms with Gasteiger partial charge in [0.05, 0.1) is 6.54 Å². The molecule has 0 aliphatic rings. The standard InChI is InChI=1S/C7H14N2O2/c1-3-9(4-2)7(11)5-8-6-10/h6H,3-5H2,1-2H3,(H,8,10). The number of hydrogen-bond acceptors (Lipinski definition) is 2. The van der Waals surface area contributed by atoms with Crippen LogP contribution >= 0.6 is 0 Å².